The van der Waals surface area contributed by atoms with Crippen LogP contribution in [-0.2, 0) is 11.3 Å². The van der Waals surface area contributed by atoms with Crippen molar-refractivity contribution in [2.24, 2.45) is 0 Å². The van der Waals surface area contributed by atoms with Crippen molar-refractivity contribution in [2.45, 2.75) is 25.8 Å². The maximum Gasteiger partial charge on any atom is 0.228 e. The highest BCUT2D eigenvalue weighted by molar-refractivity contribution is 5.83. The molecule has 0 spiro atoms. The number of hydrogen-bond acceptors (Lipinski definition) is 3. The van der Waals surface area contributed by atoms with Crippen LogP contribution < -0.4 is 5.32 Å². The van der Waals surface area contributed by atoms with Crippen LogP contribution in [0.25, 0.3) is 0 Å². The molecule has 0 aliphatic carbocycles. The molecule has 4 heteroatoms. The van der Waals surface area contributed by atoms with Crippen molar-refractivity contribution in [3.8, 4) is 0 Å². The van der Waals surface area contributed by atoms with E-state index >= 15 is 0 Å². The Kier molecular flexibility index (Phi) is 4.71. The highest BCUT2D eigenvalue weighted by atomic mass is 16.5. The van der Waals surface area contributed by atoms with Crippen molar-refractivity contribution in [2.75, 3.05) is 0 Å². The molecule has 4 nitrogen and oxygen atoms in total. The molecular weight excluding hydrogens is 252 g/mol. The number of allylic oxidation sites excluding steroid dienone is 1. The lowest BCUT2D eigenvalue weighted by molar-refractivity contribution is -0.122. The van der Waals surface area contributed by atoms with Gasteiger partial charge in [-0.3, -0.25) is 4.79 Å². The largest absolute Gasteiger partial charge is 0.361 e. The number of carbonyl (C=O) groups is 1. The molecule has 104 valence electrons. The molecule has 1 amide bonds. The smallest absolute Gasteiger partial charge is 0.228 e. The standard InChI is InChI=1S/C16H18N2O2/c1-3-7-15(13-8-5-4-6-9-13)16(19)17-10-14-11-18-20-12(14)2/h3-6,8-9,11,15H,1,7,10H2,2H3,(H,17,19). The average Bonchev–Trinajstić information content (AvgIpc) is 2.88. The minimum absolute atomic E-state index is 0.0169. The van der Waals surface area contributed by atoms with Crippen molar-refractivity contribution in [3.63, 3.8) is 0 Å². The molecular formula is C16H18N2O2. The number of aryl methyl sites for hydroxylation is 1. The molecule has 20 heavy (non-hydrogen) atoms. The first kappa shape index (κ1) is 14.1. The normalized spacial score (nSPS) is 11.8. The van der Waals surface area contributed by atoms with Crippen LogP contribution in [0.3, 0.4) is 0 Å². The molecule has 1 N–H and O–H groups in total. The Bertz CT molecular complexity index is 575. The summed E-state index contributed by atoms with van der Waals surface area (Å²) in [5.41, 5.74) is 1.88. The summed E-state index contributed by atoms with van der Waals surface area (Å²) in [6, 6.07) is 9.72. The third-order valence-electron chi connectivity index (χ3n) is 3.22. The number of hydrogen-bond donors (Lipinski definition) is 1. The lowest BCUT2D eigenvalue weighted by Crippen LogP contribution is -2.28. The lowest BCUT2D eigenvalue weighted by Gasteiger charge is -2.15. The zero-order valence-corrected chi connectivity index (χ0v) is 11.5. The van der Waals surface area contributed by atoms with E-state index < -0.39 is 0 Å². The van der Waals surface area contributed by atoms with Crippen LogP contribution in [0.15, 0.2) is 53.7 Å². The van der Waals surface area contributed by atoms with Gasteiger partial charge < -0.3 is 9.84 Å². The molecule has 2 aromatic rings. The minimum Gasteiger partial charge on any atom is -0.361 e. The van der Waals surface area contributed by atoms with E-state index in [0.717, 1.165) is 16.9 Å². The molecule has 0 bridgehead atoms. The Morgan fingerprint density at radius 3 is 2.80 bits per heavy atom. The SMILES string of the molecule is C=CCC(C(=O)NCc1cnoc1C)c1ccccc1. The molecule has 1 aromatic heterocycles. The Balaban J connectivity index is 2.04. The van der Waals surface area contributed by atoms with Gasteiger partial charge in [0, 0.05) is 12.1 Å². The van der Waals surface area contributed by atoms with E-state index in [0.29, 0.717) is 13.0 Å². The predicted octanol–water partition coefficient (Wildman–Crippen LogP) is 2.96. The molecule has 0 fully saturated rings. The minimum atomic E-state index is -0.214. The van der Waals surface area contributed by atoms with E-state index in [4.69, 9.17) is 4.52 Å². The van der Waals surface area contributed by atoms with Crippen LogP contribution in [0.5, 0.6) is 0 Å². The number of rotatable bonds is 6. The Morgan fingerprint density at radius 2 is 2.20 bits per heavy atom. The first-order chi connectivity index (χ1) is 9.72. The molecule has 2 rings (SSSR count). The molecule has 0 aliphatic heterocycles. The van der Waals surface area contributed by atoms with Gasteiger partial charge in [0.25, 0.3) is 0 Å². The van der Waals surface area contributed by atoms with E-state index in [2.05, 4.69) is 17.1 Å². The van der Waals surface area contributed by atoms with Gasteiger partial charge in [-0.2, -0.15) is 0 Å². The monoisotopic (exact) mass is 270 g/mol. The fourth-order valence-electron chi connectivity index (χ4n) is 2.04. The fourth-order valence-corrected chi connectivity index (χ4v) is 2.04. The van der Waals surface area contributed by atoms with Crippen molar-refractivity contribution >= 4 is 5.91 Å². The van der Waals surface area contributed by atoms with Gasteiger partial charge in [-0.05, 0) is 18.9 Å². The molecule has 0 radical (unpaired) electrons. The molecule has 1 unspecified atom stereocenters. The van der Waals surface area contributed by atoms with Gasteiger partial charge in [-0.15, -0.1) is 6.58 Å². The second-order valence-corrected chi connectivity index (χ2v) is 4.61. The molecule has 1 aromatic carbocycles. The van der Waals surface area contributed by atoms with Crippen LogP contribution in [0.4, 0.5) is 0 Å². The quantitative estimate of drug-likeness (QED) is 0.821. The molecule has 0 aliphatic rings. The molecule has 0 saturated heterocycles. The summed E-state index contributed by atoms with van der Waals surface area (Å²) in [5.74, 6) is 0.496. The van der Waals surface area contributed by atoms with Gasteiger partial charge in [-0.1, -0.05) is 41.6 Å². The first-order valence-corrected chi connectivity index (χ1v) is 6.56. The van der Waals surface area contributed by atoms with Crippen LogP contribution in [-0.4, -0.2) is 11.1 Å². The number of nitrogens with zero attached hydrogens (tertiary/aromatic N) is 1. The van der Waals surface area contributed by atoms with E-state index in [1.807, 2.05) is 37.3 Å². The number of benzene rings is 1. The molecule has 1 atom stereocenters. The maximum absolute atomic E-state index is 12.3. The zero-order chi connectivity index (χ0) is 14.4. The summed E-state index contributed by atoms with van der Waals surface area (Å²) in [7, 11) is 0. The fraction of sp³-hybridized carbons (Fsp3) is 0.250. The Labute approximate surface area is 118 Å². The number of amides is 1. The summed E-state index contributed by atoms with van der Waals surface area (Å²) in [6.07, 6.45) is 4.00. The van der Waals surface area contributed by atoms with Gasteiger partial charge in [-0.25, -0.2) is 0 Å². The van der Waals surface area contributed by atoms with Crippen LogP contribution >= 0.6 is 0 Å². The lowest BCUT2D eigenvalue weighted by atomic mass is 9.95. The number of carbonyl (C=O) groups excluding carboxylic acids is 1. The molecule has 0 saturated carbocycles. The van der Waals surface area contributed by atoms with Crippen molar-refractivity contribution in [3.05, 3.63) is 66.1 Å². The van der Waals surface area contributed by atoms with Gasteiger partial charge in [0.2, 0.25) is 5.91 Å². The average molecular weight is 270 g/mol. The summed E-state index contributed by atoms with van der Waals surface area (Å²) in [5, 5.41) is 6.62. The number of nitrogens with one attached hydrogen (secondary N) is 1. The summed E-state index contributed by atoms with van der Waals surface area (Å²) in [4.78, 5) is 12.3. The van der Waals surface area contributed by atoms with E-state index in [1.165, 1.54) is 0 Å². The van der Waals surface area contributed by atoms with Crippen LogP contribution in [0.1, 0.15) is 29.2 Å². The highest BCUT2D eigenvalue weighted by Crippen LogP contribution is 2.20. The second kappa shape index (κ2) is 6.70. The summed E-state index contributed by atoms with van der Waals surface area (Å²) >= 11 is 0. The topological polar surface area (TPSA) is 55.1 Å². The van der Waals surface area contributed by atoms with Crippen molar-refractivity contribution < 1.29 is 9.32 Å². The van der Waals surface area contributed by atoms with Crippen LogP contribution in [0, 0.1) is 6.92 Å². The Hall–Kier alpha value is -2.36. The summed E-state index contributed by atoms with van der Waals surface area (Å²) < 4.78 is 4.97. The molecule has 1 heterocycles. The highest BCUT2D eigenvalue weighted by Gasteiger charge is 2.19. The van der Waals surface area contributed by atoms with Gasteiger partial charge in [0.15, 0.2) is 0 Å². The van der Waals surface area contributed by atoms with Crippen molar-refractivity contribution in [1.82, 2.24) is 10.5 Å². The van der Waals surface area contributed by atoms with Crippen LogP contribution in [0.2, 0.25) is 0 Å². The second-order valence-electron chi connectivity index (χ2n) is 4.61. The van der Waals surface area contributed by atoms with Gasteiger partial charge >= 0.3 is 0 Å². The van der Waals surface area contributed by atoms with E-state index in [-0.39, 0.29) is 11.8 Å². The Morgan fingerprint density at radius 1 is 1.45 bits per heavy atom. The van der Waals surface area contributed by atoms with Gasteiger partial charge in [0.05, 0.1) is 12.1 Å². The van der Waals surface area contributed by atoms with E-state index in [1.54, 1.807) is 12.3 Å². The van der Waals surface area contributed by atoms with Gasteiger partial charge in [0.1, 0.15) is 5.76 Å². The predicted molar refractivity (Wildman–Crippen MR) is 77.1 cm³/mol. The number of aromatic nitrogens is 1. The third kappa shape index (κ3) is 3.35. The van der Waals surface area contributed by atoms with Crippen molar-refractivity contribution in [1.29, 1.82) is 0 Å². The zero-order valence-electron chi connectivity index (χ0n) is 11.5. The summed E-state index contributed by atoms with van der Waals surface area (Å²) in [6.45, 7) is 5.98. The first-order valence-electron chi connectivity index (χ1n) is 6.56. The van der Waals surface area contributed by atoms with E-state index in [9.17, 15) is 4.79 Å². The maximum atomic E-state index is 12.3. The third-order valence-corrected chi connectivity index (χ3v) is 3.22.